The van der Waals surface area contributed by atoms with Crippen molar-refractivity contribution in [2.24, 2.45) is 5.92 Å². The quantitative estimate of drug-likeness (QED) is 0.921. The molecule has 1 aromatic carbocycles. The number of hydrogen-bond donors (Lipinski definition) is 1. The SMILES string of the molecule is OCc1ccc(Br)cc1N1CCN(CC2CC2)CC1. The Labute approximate surface area is 123 Å². The Kier molecular flexibility index (Phi) is 4.10. The van der Waals surface area contributed by atoms with E-state index in [1.807, 2.05) is 12.1 Å². The molecule has 2 fully saturated rings. The van der Waals surface area contributed by atoms with Gasteiger partial charge in [0.1, 0.15) is 0 Å². The van der Waals surface area contributed by atoms with Crippen LogP contribution in [-0.4, -0.2) is 42.7 Å². The summed E-state index contributed by atoms with van der Waals surface area (Å²) >= 11 is 3.53. The molecule has 1 aliphatic carbocycles. The zero-order valence-electron chi connectivity index (χ0n) is 11.2. The van der Waals surface area contributed by atoms with Gasteiger partial charge in [-0.2, -0.15) is 0 Å². The van der Waals surface area contributed by atoms with Crippen molar-refractivity contribution in [2.45, 2.75) is 19.4 Å². The molecule has 0 amide bonds. The second-order valence-electron chi connectivity index (χ2n) is 5.66. The van der Waals surface area contributed by atoms with Crippen molar-refractivity contribution in [3.63, 3.8) is 0 Å². The fraction of sp³-hybridized carbons (Fsp3) is 0.600. The maximum absolute atomic E-state index is 9.47. The summed E-state index contributed by atoms with van der Waals surface area (Å²) in [4.78, 5) is 4.99. The lowest BCUT2D eigenvalue weighted by atomic mass is 10.1. The number of anilines is 1. The minimum atomic E-state index is 0.116. The minimum Gasteiger partial charge on any atom is -0.392 e. The molecule has 2 aliphatic rings. The fourth-order valence-corrected chi connectivity index (χ4v) is 3.15. The summed E-state index contributed by atoms with van der Waals surface area (Å²) in [5.41, 5.74) is 2.21. The molecule has 0 unspecified atom stereocenters. The molecule has 0 bridgehead atoms. The summed E-state index contributed by atoms with van der Waals surface area (Å²) in [5, 5.41) is 9.47. The van der Waals surface area contributed by atoms with E-state index >= 15 is 0 Å². The normalized spacial score (nSPS) is 20.8. The number of rotatable bonds is 4. The maximum atomic E-state index is 9.47. The monoisotopic (exact) mass is 324 g/mol. The molecule has 1 saturated carbocycles. The highest BCUT2D eigenvalue weighted by Gasteiger charge is 2.26. The van der Waals surface area contributed by atoms with Crippen LogP contribution in [0.25, 0.3) is 0 Å². The van der Waals surface area contributed by atoms with Crippen molar-refractivity contribution in [3.8, 4) is 0 Å². The van der Waals surface area contributed by atoms with Crippen LogP contribution in [0.15, 0.2) is 22.7 Å². The van der Waals surface area contributed by atoms with E-state index < -0.39 is 0 Å². The van der Waals surface area contributed by atoms with Crippen LogP contribution in [-0.2, 0) is 6.61 Å². The first-order valence-corrected chi connectivity index (χ1v) is 7.92. The lowest BCUT2D eigenvalue weighted by Gasteiger charge is -2.37. The third-order valence-electron chi connectivity index (χ3n) is 4.14. The van der Waals surface area contributed by atoms with Crippen LogP contribution in [0.4, 0.5) is 5.69 Å². The van der Waals surface area contributed by atoms with Crippen molar-refractivity contribution in [1.82, 2.24) is 4.90 Å². The minimum absolute atomic E-state index is 0.116. The average molecular weight is 325 g/mol. The van der Waals surface area contributed by atoms with Gasteiger partial charge in [0.15, 0.2) is 0 Å². The molecule has 0 radical (unpaired) electrons. The number of hydrogen-bond acceptors (Lipinski definition) is 3. The van der Waals surface area contributed by atoms with Crippen LogP contribution >= 0.6 is 15.9 Å². The summed E-state index contributed by atoms with van der Waals surface area (Å²) < 4.78 is 1.08. The van der Waals surface area contributed by atoms with Crippen LogP contribution in [0.1, 0.15) is 18.4 Å². The zero-order valence-corrected chi connectivity index (χ0v) is 12.8. The lowest BCUT2D eigenvalue weighted by Crippen LogP contribution is -2.47. The highest BCUT2D eigenvalue weighted by Crippen LogP contribution is 2.31. The first-order chi connectivity index (χ1) is 9.26. The van der Waals surface area contributed by atoms with Gasteiger partial charge in [-0.15, -0.1) is 0 Å². The topological polar surface area (TPSA) is 26.7 Å². The van der Waals surface area contributed by atoms with Gasteiger partial charge in [0.05, 0.1) is 6.61 Å². The van der Waals surface area contributed by atoms with Crippen molar-refractivity contribution in [1.29, 1.82) is 0 Å². The molecule has 0 spiro atoms. The average Bonchev–Trinajstić information content (AvgIpc) is 3.23. The smallest absolute Gasteiger partial charge is 0.0702 e. The van der Waals surface area contributed by atoms with E-state index in [1.54, 1.807) is 0 Å². The number of nitrogens with zero attached hydrogens (tertiary/aromatic N) is 2. The Bertz CT molecular complexity index is 440. The number of benzene rings is 1. The molecule has 3 nitrogen and oxygen atoms in total. The molecule has 1 heterocycles. The number of aliphatic hydroxyl groups is 1. The number of aliphatic hydroxyl groups excluding tert-OH is 1. The Balaban J connectivity index is 1.65. The van der Waals surface area contributed by atoms with Crippen molar-refractivity contribution in [2.75, 3.05) is 37.6 Å². The van der Waals surface area contributed by atoms with Gasteiger partial charge in [-0.25, -0.2) is 0 Å². The summed E-state index contributed by atoms with van der Waals surface area (Å²) in [6.45, 7) is 5.83. The molecule has 4 heteroatoms. The largest absolute Gasteiger partial charge is 0.392 e. The predicted octanol–water partition coefficient (Wildman–Crippen LogP) is 2.47. The molecule has 1 aliphatic heterocycles. The van der Waals surface area contributed by atoms with Gasteiger partial charge in [-0.1, -0.05) is 22.0 Å². The standard InChI is InChI=1S/C15H21BrN2O/c16-14-4-3-13(11-19)15(9-14)18-7-5-17(6-8-18)10-12-1-2-12/h3-4,9,12,19H,1-2,5-8,10-11H2. The van der Waals surface area contributed by atoms with Gasteiger partial charge >= 0.3 is 0 Å². The van der Waals surface area contributed by atoms with E-state index in [0.717, 1.165) is 42.1 Å². The highest BCUT2D eigenvalue weighted by molar-refractivity contribution is 9.10. The second kappa shape index (κ2) is 5.81. The second-order valence-corrected chi connectivity index (χ2v) is 6.58. The van der Waals surface area contributed by atoms with E-state index in [2.05, 4.69) is 31.8 Å². The van der Waals surface area contributed by atoms with Crippen LogP contribution in [0.2, 0.25) is 0 Å². The number of halogens is 1. The Morgan fingerprint density at radius 3 is 2.53 bits per heavy atom. The van der Waals surface area contributed by atoms with Crippen LogP contribution in [0.5, 0.6) is 0 Å². The molecule has 3 rings (SSSR count). The van der Waals surface area contributed by atoms with Crippen LogP contribution in [0.3, 0.4) is 0 Å². The van der Waals surface area contributed by atoms with Crippen molar-refractivity contribution in [3.05, 3.63) is 28.2 Å². The molecular formula is C15H21BrN2O. The Hall–Kier alpha value is -0.580. The van der Waals surface area contributed by atoms with Gasteiger partial charge in [0.25, 0.3) is 0 Å². The van der Waals surface area contributed by atoms with Gasteiger partial charge in [0.2, 0.25) is 0 Å². The van der Waals surface area contributed by atoms with Gasteiger partial charge in [-0.3, -0.25) is 4.90 Å². The molecule has 19 heavy (non-hydrogen) atoms. The lowest BCUT2D eigenvalue weighted by molar-refractivity contribution is 0.246. The fourth-order valence-electron chi connectivity index (χ4n) is 2.80. The third-order valence-corrected chi connectivity index (χ3v) is 4.64. The van der Waals surface area contributed by atoms with Gasteiger partial charge in [0, 0.05) is 48.4 Å². The summed E-state index contributed by atoms with van der Waals surface area (Å²) in [6.07, 6.45) is 2.86. The van der Waals surface area contributed by atoms with Crippen LogP contribution < -0.4 is 4.90 Å². The predicted molar refractivity (Wildman–Crippen MR) is 81.4 cm³/mol. The third kappa shape index (κ3) is 3.30. The first-order valence-electron chi connectivity index (χ1n) is 7.13. The van der Waals surface area contributed by atoms with Crippen molar-refractivity contribution < 1.29 is 5.11 Å². The summed E-state index contributed by atoms with van der Waals surface area (Å²) in [7, 11) is 0. The molecule has 1 aromatic rings. The Morgan fingerprint density at radius 1 is 1.16 bits per heavy atom. The summed E-state index contributed by atoms with van der Waals surface area (Å²) in [5.74, 6) is 0.977. The first kappa shape index (κ1) is 13.4. The number of piperazine rings is 1. The summed E-state index contributed by atoms with van der Waals surface area (Å²) in [6, 6.07) is 6.14. The van der Waals surface area contributed by atoms with Gasteiger partial charge < -0.3 is 10.0 Å². The van der Waals surface area contributed by atoms with Crippen molar-refractivity contribution >= 4 is 21.6 Å². The zero-order chi connectivity index (χ0) is 13.2. The van der Waals surface area contributed by atoms with E-state index in [9.17, 15) is 5.11 Å². The Morgan fingerprint density at radius 2 is 1.89 bits per heavy atom. The molecule has 1 N–H and O–H groups in total. The molecular weight excluding hydrogens is 304 g/mol. The molecule has 104 valence electrons. The van der Waals surface area contributed by atoms with E-state index in [4.69, 9.17) is 0 Å². The van der Waals surface area contributed by atoms with E-state index in [-0.39, 0.29) is 6.61 Å². The molecule has 1 saturated heterocycles. The molecule has 0 atom stereocenters. The van der Waals surface area contributed by atoms with Gasteiger partial charge in [-0.05, 0) is 30.9 Å². The van der Waals surface area contributed by atoms with E-state index in [1.165, 1.54) is 25.1 Å². The van der Waals surface area contributed by atoms with Crippen LogP contribution in [0, 0.1) is 5.92 Å². The van der Waals surface area contributed by atoms with E-state index in [0.29, 0.717) is 0 Å². The highest BCUT2D eigenvalue weighted by atomic mass is 79.9. The molecule has 0 aromatic heterocycles. The maximum Gasteiger partial charge on any atom is 0.0702 e.